The molecule has 14 nitrogen and oxygen atoms in total. The van der Waals surface area contributed by atoms with Crippen molar-refractivity contribution < 1.29 is 62.0 Å². The van der Waals surface area contributed by atoms with E-state index in [4.69, 9.17) is 18.9 Å². The van der Waals surface area contributed by atoms with Crippen molar-refractivity contribution in [3.63, 3.8) is 0 Å². The molecule has 0 saturated carbocycles. The van der Waals surface area contributed by atoms with E-state index in [1.165, 1.54) is 0 Å². The van der Waals surface area contributed by atoms with Gasteiger partial charge >= 0.3 is 35.6 Å². The molecule has 1 fully saturated rings. The Hall–Kier alpha value is -3.55. The molecule has 1 N–H and O–H groups in total. The Balaban J connectivity index is 3.68. The molecule has 1 rings (SSSR count). The molecule has 14 heteroatoms. The quantitative estimate of drug-likeness (QED) is 0.298. The normalized spacial score (nSPS) is 24.6. The summed E-state index contributed by atoms with van der Waals surface area (Å²) in [6.07, 6.45) is -5.71. The molecule has 0 bridgehead atoms. The summed E-state index contributed by atoms with van der Waals surface area (Å²) < 4.78 is 30.4. The summed E-state index contributed by atoms with van der Waals surface area (Å²) in [5.41, 5.74) is 0. The van der Waals surface area contributed by atoms with Gasteiger partial charge in [0.05, 0.1) is 19.6 Å². The number of hydrogen-bond donors (Lipinski definition) is 1. The van der Waals surface area contributed by atoms with E-state index in [1.54, 1.807) is 0 Å². The molecule has 0 spiro atoms. The Bertz CT molecular complexity index is 853. The smallest absolute Gasteiger partial charge is 0.379 e. The summed E-state index contributed by atoms with van der Waals surface area (Å²) >= 11 is 0. The van der Waals surface area contributed by atoms with Gasteiger partial charge in [-0.3, -0.25) is 28.8 Å². The highest BCUT2D eigenvalue weighted by Crippen LogP contribution is 2.36. The first kappa shape index (κ1) is 28.5. The first-order valence-corrected chi connectivity index (χ1v) is 9.95. The van der Waals surface area contributed by atoms with E-state index in [2.05, 4.69) is 14.8 Å². The molecule has 34 heavy (non-hydrogen) atoms. The van der Waals surface area contributed by atoms with Crippen LogP contribution in [0.5, 0.6) is 0 Å². The Labute approximate surface area is 194 Å². The minimum absolute atomic E-state index is 0.634. The number of carbonyl (C=O) groups excluding carboxylic acids is 7. The van der Waals surface area contributed by atoms with Gasteiger partial charge in [0, 0.05) is 34.6 Å². The number of Topliss-reactive ketones (excluding diaryl/α,β-unsaturated/α-hetero) is 1. The van der Waals surface area contributed by atoms with Crippen LogP contribution in [0, 0.1) is 0 Å². The van der Waals surface area contributed by atoms with E-state index in [-0.39, 0.29) is 0 Å². The van der Waals surface area contributed by atoms with E-state index < -0.39 is 84.7 Å². The molecular formula is C20H27NO13. The number of carbonyl (C=O) groups is 7. The number of ketones is 1. The van der Waals surface area contributed by atoms with Gasteiger partial charge in [0.15, 0.2) is 12.7 Å². The van der Waals surface area contributed by atoms with Crippen LogP contribution in [0.3, 0.4) is 0 Å². The zero-order valence-electron chi connectivity index (χ0n) is 19.5. The highest BCUT2D eigenvalue weighted by molar-refractivity contribution is 5.89. The van der Waals surface area contributed by atoms with Crippen molar-refractivity contribution in [3.8, 4) is 0 Å². The molecule has 0 aromatic heterocycles. The fourth-order valence-corrected chi connectivity index (χ4v) is 3.31. The zero-order valence-corrected chi connectivity index (χ0v) is 19.5. The second-order valence-corrected chi connectivity index (χ2v) is 7.28. The van der Waals surface area contributed by atoms with Gasteiger partial charge in [-0.05, 0) is 0 Å². The fourth-order valence-electron chi connectivity index (χ4n) is 3.31. The van der Waals surface area contributed by atoms with Crippen LogP contribution in [0.4, 0.5) is 0 Å². The standard InChI is InChI=1S/C20H27NO13/c1-9(22)21-16-15(31-11(3)24)7-20(19(28)29-6,33-13(5)26)34-18(16)17(32-12(4)25)14(27)8-30-10(2)23/h15-18H,7-8H2,1-6H3,(H,21,22)/t15-,16+,17+,18+,20-/m0/s1. The molecule has 0 unspecified atom stereocenters. The molecule has 1 amide bonds. The van der Waals surface area contributed by atoms with Gasteiger partial charge < -0.3 is 33.7 Å². The van der Waals surface area contributed by atoms with Gasteiger partial charge in [0.2, 0.25) is 11.7 Å². The molecule has 1 aliphatic heterocycles. The molecule has 1 saturated heterocycles. The largest absolute Gasteiger partial charge is 0.464 e. The van der Waals surface area contributed by atoms with Crippen LogP contribution < -0.4 is 5.32 Å². The maximum atomic E-state index is 12.8. The zero-order chi connectivity index (χ0) is 26.2. The molecule has 0 radical (unpaired) electrons. The summed E-state index contributed by atoms with van der Waals surface area (Å²) in [5, 5.41) is 2.42. The predicted octanol–water partition coefficient (Wildman–Crippen LogP) is -1.29. The third kappa shape index (κ3) is 7.79. The molecular weight excluding hydrogens is 462 g/mol. The van der Waals surface area contributed by atoms with Crippen molar-refractivity contribution in [1.82, 2.24) is 5.32 Å². The number of esters is 5. The summed E-state index contributed by atoms with van der Waals surface area (Å²) in [5.74, 6) is -9.09. The Morgan fingerprint density at radius 1 is 0.941 bits per heavy atom. The van der Waals surface area contributed by atoms with Crippen LogP contribution >= 0.6 is 0 Å². The van der Waals surface area contributed by atoms with Crippen molar-refractivity contribution in [2.75, 3.05) is 13.7 Å². The predicted molar refractivity (Wildman–Crippen MR) is 106 cm³/mol. The van der Waals surface area contributed by atoms with Gasteiger partial charge in [-0.25, -0.2) is 4.79 Å². The lowest BCUT2D eigenvalue weighted by atomic mass is 9.88. The average Bonchev–Trinajstić information content (AvgIpc) is 2.70. The molecule has 0 aromatic carbocycles. The molecule has 1 aliphatic rings. The van der Waals surface area contributed by atoms with Crippen LogP contribution in [0.2, 0.25) is 0 Å². The monoisotopic (exact) mass is 489 g/mol. The fraction of sp³-hybridized carbons (Fsp3) is 0.650. The third-order valence-corrected chi connectivity index (χ3v) is 4.37. The van der Waals surface area contributed by atoms with Crippen LogP contribution in [0.1, 0.15) is 41.0 Å². The summed E-state index contributed by atoms with van der Waals surface area (Å²) in [4.78, 5) is 83.9. The van der Waals surface area contributed by atoms with Gasteiger partial charge in [0.1, 0.15) is 12.2 Å². The highest BCUT2D eigenvalue weighted by atomic mass is 16.8. The van der Waals surface area contributed by atoms with E-state index in [0.29, 0.717) is 0 Å². The maximum absolute atomic E-state index is 12.8. The minimum Gasteiger partial charge on any atom is -0.464 e. The first-order valence-electron chi connectivity index (χ1n) is 9.95. The number of rotatable bonds is 9. The highest BCUT2D eigenvalue weighted by Gasteiger charge is 2.60. The van der Waals surface area contributed by atoms with Crippen LogP contribution in [-0.2, 0) is 62.0 Å². The lowest BCUT2D eigenvalue weighted by molar-refractivity contribution is -0.296. The third-order valence-electron chi connectivity index (χ3n) is 4.37. The van der Waals surface area contributed by atoms with Crippen LogP contribution in [0.25, 0.3) is 0 Å². The second-order valence-electron chi connectivity index (χ2n) is 7.28. The van der Waals surface area contributed by atoms with Crippen LogP contribution in [-0.4, -0.2) is 85.4 Å². The average molecular weight is 489 g/mol. The lowest BCUT2D eigenvalue weighted by Crippen LogP contribution is -2.69. The Morgan fingerprint density at radius 2 is 1.56 bits per heavy atom. The number of amides is 1. The summed E-state index contributed by atoms with van der Waals surface area (Å²) in [6.45, 7) is 4.24. The number of hydrogen-bond acceptors (Lipinski definition) is 13. The van der Waals surface area contributed by atoms with E-state index in [9.17, 15) is 33.6 Å². The van der Waals surface area contributed by atoms with Gasteiger partial charge in [-0.15, -0.1) is 0 Å². The number of nitrogens with one attached hydrogen (secondary N) is 1. The Morgan fingerprint density at radius 3 is 2.00 bits per heavy atom. The van der Waals surface area contributed by atoms with E-state index in [0.717, 1.165) is 41.7 Å². The van der Waals surface area contributed by atoms with E-state index >= 15 is 0 Å². The lowest BCUT2D eigenvalue weighted by Gasteiger charge is -2.46. The SMILES string of the molecule is COC(=O)[C@]1(OC(C)=O)C[C@H](OC(C)=O)[C@@H](NC(C)=O)[C@H]([C@H](OC(C)=O)C(=O)COC(C)=O)O1. The van der Waals surface area contributed by atoms with Gasteiger partial charge in [-0.1, -0.05) is 0 Å². The summed E-state index contributed by atoms with van der Waals surface area (Å²) in [7, 11) is 0.960. The van der Waals surface area contributed by atoms with Gasteiger partial charge in [0.25, 0.3) is 0 Å². The topological polar surface area (TPSA) is 187 Å². The number of ether oxygens (including phenoxy) is 6. The second kappa shape index (κ2) is 12.1. The summed E-state index contributed by atoms with van der Waals surface area (Å²) in [6, 6.07) is -1.37. The van der Waals surface area contributed by atoms with Crippen molar-refractivity contribution in [2.45, 2.75) is 71.2 Å². The van der Waals surface area contributed by atoms with Gasteiger partial charge in [-0.2, -0.15) is 0 Å². The van der Waals surface area contributed by atoms with E-state index in [1.807, 2.05) is 0 Å². The van der Waals surface area contributed by atoms with Crippen molar-refractivity contribution >= 4 is 41.5 Å². The molecule has 5 atom stereocenters. The number of methoxy groups -OCH3 is 1. The molecule has 0 aliphatic carbocycles. The first-order chi connectivity index (χ1) is 15.7. The molecule has 190 valence electrons. The van der Waals surface area contributed by atoms with Crippen molar-refractivity contribution in [3.05, 3.63) is 0 Å². The molecule has 1 heterocycles. The molecule has 0 aromatic rings. The maximum Gasteiger partial charge on any atom is 0.379 e. The van der Waals surface area contributed by atoms with Crippen LogP contribution in [0.15, 0.2) is 0 Å². The van der Waals surface area contributed by atoms with Crippen molar-refractivity contribution in [2.24, 2.45) is 0 Å². The van der Waals surface area contributed by atoms with Crippen molar-refractivity contribution in [1.29, 1.82) is 0 Å². The Kier molecular flexibility index (Phi) is 10.1. The minimum atomic E-state index is -2.54.